The average molecular weight is 384 g/mol. The molecule has 1 aromatic rings. The minimum absolute atomic E-state index is 0.121. The highest BCUT2D eigenvalue weighted by Crippen LogP contribution is 2.06. The van der Waals surface area contributed by atoms with E-state index in [1.807, 2.05) is 38.2 Å². The number of amides is 2. The van der Waals surface area contributed by atoms with E-state index in [1.54, 1.807) is 19.1 Å². The number of urea groups is 1. The van der Waals surface area contributed by atoms with E-state index >= 15 is 0 Å². The molecule has 0 heterocycles. The summed E-state index contributed by atoms with van der Waals surface area (Å²) in [5.41, 5.74) is 1.81. The van der Waals surface area contributed by atoms with Gasteiger partial charge >= 0.3 is 23.9 Å². The second kappa shape index (κ2) is 15.2. The Labute approximate surface area is 158 Å². The number of carbonyl (C=O) groups is 4. The normalized spacial score (nSPS) is 10.1. The largest absolute Gasteiger partial charge is 0.481 e. The van der Waals surface area contributed by atoms with Crippen LogP contribution >= 0.6 is 0 Å². The SMILES string of the molecule is CC.CCC(=O)O.Cc1ccc(CC(NC(=O)NCC(=O)O)C(=O)O)cc1. The summed E-state index contributed by atoms with van der Waals surface area (Å²) >= 11 is 0. The Bertz CT molecular complexity index is 600. The standard InChI is InChI=1S/C13H16N2O5.C3H6O2.C2H6/c1-8-2-4-9(5-3-8)6-10(12(18)19)15-13(20)14-7-11(16)17;1-2-3(4)5;1-2/h2-5,10H,6-7H2,1H3,(H,16,17)(H,18,19)(H2,14,15,20);2H2,1H3,(H,4,5);1-2H3. The van der Waals surface area contributed by atoms with Gasteiger partial charge in [0.25, 0.3) is 0 Å². The fourth-order valence-corrected chi connectivity index (χ4v) is 1.53. The van der Waals surface area contributed by atoms with Crippen LogP contribution in [0.1, 0.15) is 38.3 Å². The van der Waals surface area contributed by atoms with E-state index in [9.17, 15) is 19.2 Å². The number of rotatable bonds is 7. The van der Waals surface area contributed by atoms with Gasteiger partial charge in [0, 0.05) is 12.8 Å². The lowest BCUT2D eigenvalue weighted by Gasteiger charge is -2.15. The topological polar surface area (TPSA) is 153 Å². The second-order valence-corrected chi connectivity index (χ2v) is 5.05. The van der Waals surface area contributed by atoms with Crippen LogP contribution < -0.4 is 10.6 Å². The van der Waals surface area contributed by atoms with Gasteiger partial charge < -0.3 is 26.0 Å². The summed E-state index contributed by atoms with van der Waals surface area (Å²) in [6.07, 6.45) is 0.343. The third kappa shape index (κ3) is 14.9. The summed E-state index contributed by atoms with van der Waals surface area (Å²) in [4.78, 5) is 42.1. The van der Waals surface area contributed by atoms with Crippen LogP contribution in [0.25, 0.3) is 0 Å². The number of benzene rings is 1. The first-order valence-corrected chi connectivity index (χ1v) is 8.42. The quantitative estimate of drug-likeness (QED) is 0.481. The van der Waals surface area contributed by atoms with Gasteiger partial charge in [-0.15, -0.1) is 0 Å². The molecule has 0 saturated heterocycles. The Hall–Kier alpha value is -3.10. The third-order valence-electron chi connectivity index (χ3n) is 2.87. The van der Waals surface area contributed by atoms with Gasteiger partial charge in [-0.05, 0) is 12.5 Å². The second-order valence-electron chi connectivity index (χ2n) is 5.05. The van der Waals surface area contributed by atoms with E-state index in [-0.39, 0.29) is 12.8 Å². The first-order chi connectivity index (χ1) is 12.6. The minimum atomic E-state index is -1.20. The molecule has 9 nitrogen and oxygen atoms in total. The van der Waals surface area contributed by atoms with Crippen molar-refractivity contribution in [3.8, 4) is 0 Å². The summed E-state index contributed by atoms with van der Waals surface area (Å²) in [5, 5.41) is 29.5. The van der Waals surface area contributed by atoms with Crippen LogP contribution in [0.4, 0.5) is 4.79 Å². The molecule has 0 saturated carbocycles. The Balaban J connectivity index is 0. The maximum atomic E-state index is 11.4. The number of carboxylic acids is 3. The van der Waals surface area contributed by atoms with Crippen LogP contribution in [0.15, 0.2) is 24.3 Å². The van der Waals surface area contributed by atoms with E-state index in [0.717, 1.165) is 11.1 Å². The Morgan fingerprint density at radius 1 is 0.963 bits per heavy atom. The molecule has 0 aromatic heterocycles. The van der Waals surface area contributed by atoms with E-state index in [1.165, 1.54) is 0 Å². The van der Waals surface area contributed by atoms with Crippen LogP contribution in [0, 0.1) is 6.92 Å². The minimum Gasteiger partial charge on any atom is -0.481 e. The molecular formula is C18H28N2O7. The first kappa shape index (κ1) is 26.1. The van der Waals surface area contributed by atoms with Crippen molar-refractivity contribution in [1.82, 2.24) is 10.6 Å². The summed E-state index contributed by atoms with van der Waals surface area (Å²) < 4.78 is 0. The van der Waals surface area contributed by atoms with Gasteiger partial charge in [0.1, 0.15) is 12.6 Å². The van der Waals surface area contributed by atoms with Crippen molar-refractivity contribution in [3.05, 3.63) is 35.4 Å². The molecule has 1 aromatic carbocycles. The molecule has 27 heavy (non-hydrogen) atoms. The lowest BCUT2D eigenvalue weighted by Crippen LogP contribution is -2.48. The lowest BCUT2D eigenvalue weighted by atomic mass is 10.0. The predicted octanol–water partition coefficient (Wildman–Crippen LogP) is 1.88. The molecule has 152 valence electrons. The van der Waals surface area contributed by atoms with Gasteiger partial charge in [0.2, 0.25) is 0 Å². The van der Waals surface area contributed by atoms with E-state index in [4.69, 9.17) is 15.3 Å². The van der Waals surface area contributed by atoms with Crippen molar-refractivity contribution < 1.29 is 34.5 Å². The van der Waals surface area contributed by atoms with Crippen LogP contribution in [0.5, 0.6) is 0 Å². The third-order valence-corrected chi connectivity index (χ3v) is 2.87. The lowest BCUT2D eigenvalue weighted by molar-refractivity contribution is -0.139. The van der Waals surface area contributed by atoms with Crippen molar-refractivity contribution in [3.63, 3.8) is 0 Å². The van der Waals surface area contributed by atoms with Gasteiger partial charge in [-0.2, -0.15) is 0 Å². The highest BCUT2D eigenvalue weighted by Gasteiger charge is 2.20. The summed E-state index contributed by atoms with van der Waals surface area (Å²) in [5.74, 6) is -3.13. The van der Waals surface area contributed by atoms with E-state index in [0.29, 0.717) is 0 Å². The van der Waals surface area contributed by atoms with Gasteiger partial charge in [-0.3, -0.25) is 9.59 Å². The first-order valence-electron chi connectivity index (χ1n) is 8.42. The van der Waals surface area contributed by atoms with Crippen LogP contribution in [-0.2, 0) is 20.8 Å². The van der Waals surface area contributed by atoms with Crippen molar-refractivity contribution in [2.45, 2.75) is 46.6 Å². The van der Waals surface area contributed by atoms with Gasteiger partial charge in [0.05, 0.1) is 0 Å². The summed E-state index contributed by atoms with van der Waals surface area (Å²) in [6.45, 7) is 6.95. The molecule has 1 rings (SSSR count). The molecule has 0 radical (unpaired) electrons. The summed E-state index contributed by atoms with van der Waals surface area (Å²) in [6, 6.07) is 5.31. The highest BCUT2D eigenvalue weighted by molar-refractivity contribution is 5.84. The van der Waals surface area contributed by atoms with Crippen molar-refractivity contribution in [1.29, 1.82) is 0 Å². The van der Waals surface area contributed by atoms with Crippen molar-refractivity contribution >= 4 is 23.9 Å². The molecule has 0 aliphatic rings. The molecule has 0 spiro atoms. The van der Waals surface area contributed by atoms with Gasteiger partial charge in [-0.1, -0.05) is 50.6 Å². The fraction of sp³-hybridized carbons (Fsp3) is 0.444. The smallest absolute Gasteiger partial charge is 0.326 e. The number of carbonyl (C=O) groups excluding carboxylic acids is 1. The maximum Gasteiger partial charge on any atom is 0.326 e. The van der Waals surface area contributed by atoms with Gasteiger partial charge in [0.15, 0.2) is 0 Å². The molecule has 0 aliphatic carbocycles. The molecule has 2 amide bonds. The molecule has 9 heteroatoms. The molecule has 1 atom stereocenters. The predicted molar refractivity (Wildman–Crippen MR) is 99.8 cm³/mol. The Morgan fingerprint density at radius 2 is 1.44 bits per heavy atom. The fourth-order valence-electron chi connectivity index (χ4n) is 1.53. The molecular weight excluding hydrogens is 356 g/mol. The molecule has 5 N–H and O–H groups in total. The number of carboxylic acid groups (broad SMARTS) is 3. The number of nitrogens with one attached hydrogen (secondary N) is 2. The Kier molecular flexibility index (Phi) is 14.7. The van der Waals surface area contributed by atoms with Crippen molar-refractivity contribution in [2.75, 3.05) is 6.54 Å². The van der Waals surface area contributed by atoms with E-state index in [2.05, 4.69) is 5.32 Å². The maximum absolute atomic E-state index is 11.4. The Morgan fingerprint density at radius 3 is 1.81 bits per heavy atom. The number of aryl methyl sites for hydroxylation is 1. The van der Waals surface area contributed by atoms with Crippen molar-refractivity contribution in [2.24, 2.45) is 0 Å². The van der Waals surface area contributed by atoms with Crippen LogP contribution in [0.2, 0.25) is 0 Å². The highest BCUT2D eigenvalue weighted by atomic mass is 16.4. The number of aliphatic carboxylic acids is 3. The molecule has 1 unspecified atom stereocenters. The summed E-state index contributed by atoms with van der Waals surface area (Å²) in [7, 11) is 0. The zero-order valence-electron chi connectivity index (χ0n) is 16.0. The van der Waals surface area contributed by atoms with E-state index < -0.39 is 36.5 Å². The monoisotopic (exact) mass is 384 g/mol. The zero-order valence-corrected chi connectivity index (χ0v) is 16.0. The van der Waals surface area contributed by atoms with Crippen LogP contribution in [0.3, 0.4) is 0 Å². The molecule has 0 aliphatic heterocycles. The zero-order chi connectivity index (χ0) is 21.4. The average Bonchev–Trinajstić information content (AvgIpc) is 2.63. The molecule has 0 fully saturated rings. The van der Waals surface area contributed by atoms with Crippen LogP contribution in [-0.4, -0.2) is 51.8 Å². The number of hydrogen-bond donors (Lipinski definition) is 5. The van der Waals surface area contributed by atoms with Gasteiger partial charge in [-0.25, -0.2) is 9.59 Å². The number of hydrogen-bond acceptors (Lipinski definition) is 4. The molecule has 0 bridgehead atoms.